The van der Waals surface area contributed by atoms with Crippen molar-refractivity contribution in [3.8, 4) is 0 Å². The van der Waals surface area contributed by atoms with Crippen LogP contribution in [0.5, 0.6) is 0 Å². The predicted octanol–water partition coefficient (Wildman–Crippen LogP) is 4.25. The molecule has 128 valence electrons. The molecule has 1 fully saturated rings. The van der Waals surface area contributed by atoms with E-state index in [1.165, 1.54) is 0 Å². The van der Waals surface area contributed by atoms with E-state index in [1.54, 1.807) is 4.90 Å². The Morgan fingerprint density at radius 1 is 1.30 bits per heavy atom. The van der Waals surface area contributed by atoms with Crippen LogP contribution in [-0.2, 0) is 4.74 Å². The number of nitrogens with zero attached hydrogens (tertiary/aromatic N) is 1. The number of hydrogen-bond donors (Lipinski definition) is 1. The quantitative estimate of drug-likeness (QED) is 0.895. The number of carbonyl (C=O) groups is 1. The molecule has 0 aromatic heterocycles. The van der Waals surface area contributed by atoms with Gasteiger partial charge in [-0.3, -0.25) is 0 Å². The van der Waals surface area contributed by atoms with E-state index in [1.807, 2.05) is 46.0 Å². The van der Waals surface area contributed by atoms with Crippen LogP contribution in [0.1, 0.15) is 45.2 Å². The molecule has 0 bridgehead atoms. The highest BCUT2D eigenvalue weighted by Crippen LogP contribution is 2.34. The summed E-state index contributed by atoms with van der Waals surface area (Å²) in [4.78, 5) is 14.0. The van der Waals surface area contributed by atoms with Crippen LogP contribution in [-0.4, -0.2) is 36.7 Å². The second-order valence-corrected chi connectivity index (χ2v) is 7.50. The highest BCUT2D eigenvalue weighted by Gasteiger charge is 2.31. The largest absolute Gasteiger partial charge is 0.444 e. The molecule has 1 unspecified atom stereocenters. The van der Waals surface area contributed by atoms with Gasteiger partial charge in [0.05, 0.1) is 0 Å². The summed E-state index contributed by atoms with van der Waals surface area (Å²) < 4.78 is 5.45. The number of likely N-dealkylation sites (tertiary alicyclic amines) is 1. The second-order valence-electron chi connectivity index (χ2n) is 7.09. The summed E-state index contributed by atoms with van der Waals surface area (Å²) in [6.07, 6.45) is 1.67. The number of hydrogen-bond acceptors (Lipinski definition) is 3. The molecule has 0 radical (unpaired) electrons. The highest BCUT2D eigenvalue weighted by molar-refractivity contribution is 6.31. The van der Waals surface area contributed by atoms with Crippen LogP contribution in [0.4, 0.5) is 4.79 Å². The summed E-state index contributed by atoms with van der Waals surface area (Å²) in [7, 11) is 1.97. The minimum atomic E-state index is -0.445. The number of amides is 1. The summed E-state index contributed by atoms with van der Waals surface area (Å²) >= 11 is 6.34. The average molecular weight is 339 g/mol. The lowest BCUT2D eigenvalue weighted by molar-refractivity contribution is 0.0170. The first kappa shape index (κ1) is 18.1. The lowest BCUT2D eigenvalue weighted by Gasteiger charge is -2.37. The molecule has 1 aliphatic heterocycles. The van der Waals surface area contributed by atoms with Gasteiger partial charge in [0.25, 0.3) is 0 Å². The van der Waals surface area contributed by atoms with Crippen LogP contribution in [0, 0.1) is 5.92 Å². The second kappa shape index (κ2) is 7.54. The number of carbonyl (C=O) groups excluding carboxylic acids is 1. The topological polar surface area (TPSA) is 41.6 Å². The van der Waals surface area contributed by atoms with Crippen molar-refractivity contribution >= 4 is 17.7 Å². The summed E-state index contributed by atoms with van der Waals surface area (Å²) in [5.74, 6) is 0.457. The summed E-state index contributed by atoms with van der Waals surface area (Å²) in [6, 6.07) is 8.18. The van der Waals surface area contributed by atoms with Crippen molar-refractivity contribution in [3.05, 3.63) is 34.9 Å². The first-order valence-electron chi connectivity index (χ1n) is 8.21. The van der Waals surface area contributed by atoms with Crippen LogP contribution in [0.25, 0.3) is 0 Å². The van der Waals surface area contributed by atoms with Gasteiger partial charge in [-0.2, -0.15) is 0 Å². The molecule has 1 amide bonds. The van der Waals surface area contributed by atoms with E-state index in [4.69, 9.17) is 16.3 Å². The molecule has 1 N–H and O–H groups in total. The van der Waals surface area contributed by atoms with E-state index in [9.17, 15) is 4.79 Å². The zero-order valence-electron chi connectivity index (χ0n) is 14.4. The molecule has 0 saturated carbocycles. The fourth-order valence-corrected chi connectivity index (χ4v) is 3.37. The smallest absolute Gasteiger partial charge is 0.410 e. The Morgan fingerprint density at radius 2 is 1.91 bits per heavy atom. The van der Waals surface area contributed by atoms with Crippen molar-refractivity contribution in [2.45, 2.75) is 45.3 Å². The summed E-state index contributed by atoms with van der Waals surface area (Å²) in [5.41, 5.74) is 0.686. The molecule has 1 heterocycles. The maximum absolute atomic E-state index is 12.2. The maximum atomic E-state index is 12.2. The molecule has 5 heteroatoms. The standard InChI is InChI=1S/C18H27ClN2O2/c1-18(2,3)23-17(22)21-11-9-13(10-12-21)16(20-4)14-7-5-6-8-15(14)19/h5-8,13,16,20H,9-12H2,1-4H3. The highest BCUT2D eigenvalue weighted by atomic mass is 35.5. The van der Waals surface area contributed by atoms with E-state index in [0.29, 0.717) is 5.92 Å². The van der Waals surface area contributed by atoms with Gasteiger partial charge in [0.2, 0.25) is 0 Å². The Balaban J connectivity index is 1.98. The Labute approximate surface area is 144 Å². The third-order valence-electron chi connectivity index (χ3n) is 4.21. The number of benzene rings is 1. The number of rotatable bonds is 3. The van der Waals surface area contributed by atoms with Crippen molar-refractivity contribution in [1.29, 1.82) is 0 Å². The molecule has 0 aliphatic carbocycles. The Hall–Kier alpha value is -1.26. The fourth-order valence-electron chi connectivity index (χ4n) is 3.11. The molecule has 23 heavy (non-hydrogen) atoms. The average Bonchev–Trinajstić information content (AvgIpc) is 2.49. The predicted molar refractivity (Wildman–Crippen MR) is 93.8 cm³/mol. The third-order valence-corrected chi connectivity index (χ3v) is 4.56. The Kier molecular flexibility index (Phi) is 5.93. The molecule has 1 aliphatic rings. The number of nitrogens with one attached hydrogen (secondary N) is 1. The summed E-state index contributed by atoms with van der Waals surface area (Å²) in [5, 5.41) is 4.19. The molecule has 1 aromatic carbocycles. The van der Waals surface area contributed by atoms with Crippen molar-refractivity contribution in [3.63, 3.8) is 0 Å². The van der Waals surface area contributed by atoms with Crippen molar-refractivity contribution in [2.75, 3.05) is 20.1 Å². The lowest BCUT2D eigenvalue weighted by atomic mass is 9.85. The molecule has 1 saturated heterocycles. The number of piperidine rings is 1. The zero-order valence-corrected chi connectivity index (χ0v) is 15.2. The van der Waals surface area contributed by atoms with Gasteiger partial charge in [0, 0.05) is 24.2 Å². The van der Waals surface area contributed by atoms with E-state index < -0.39 is 5.60 Å². The van der Waals surface area contributed by atoms with Crippen LogP contribution >= 0.6 is 11.6 Å². The zero-order chi connectivity index (χ0) is 17.0. The van der Waals surface area contributed by atoms with Crippen LogP contribution in [0.3, 0.4) is 0 Å². The van der Waals surface area contributed by atoms with Crippen molar-refractivity contribution in [1.82, 2.24) is 10.2 Å². The van der Waals surface area contributed by atoms with Gasteiger partial charge in [-0.05, 0) is 58.2 Å². The Morgan fingerprint density at radius 3 is 2.43 bits per heavy atom. The maximum Gasteiger partial charge on any atom is 0.410 e. The van der Waals surface area contributed by atoms with Gasteiger partial charge >= 0.3 is 6.09 Å². The molecule has 1 aromatic rings. The fraction of sp³-hybridized carbons (Fsp3) is 0.611. The van der Waals surface area contributed by atoms with E-state index >= 15 is 0 Å². The lowest BCUT2D eigenvalue weighted by Crippen LogP contribution is -2.43. The SMILES string of the molecule is CNC(c1ccccc1Cl)C1CCN(C(=O)OC(C)(C)C)CC1. The van der Waals surface area contributed by atoms with Crippen molar-refractivity contribution < 1.29 is 9.53 Å². The van der Waals surface area contributed by atoms with E-state index in [2.05, 4.69) is 11.4 Å². The van der Waals surface area contributed by atoms with Crippen LogP contribution < -0.4 is 5.32 Å². The van der Waals surface area contributed by atoms with Crippen molar-refractivity contribution in [2.24, 2.45) is 5.92 Å². The first-order valence-corrected chi connectivity index (χ1v) is 8.59. The first-order chi connectivity index (χ1) is 10.8. The molecular weight excluding hydrogens is 312 g/mol. The summed E-state index contributed by atoms with van der Waals surface area (Å²) in [6.45, 7) is 7.13. The molecule has 1 atom stereocenters. The van der Waals surface area contributed by atoms with Crippen LogP contribution in [0.15, 0.2) is 24.3 Å². The number of halogens is 1. The van der Waals surface area contributed by atoms with Crippen LogP contribution in [0.2, 0.25) is 5.02 Å². The molecule has 4 nitrogen and oxygen atoms in total. The number of ether oxygens (including phenoxy) is 1. The third kappa shape index (κ3) is 4.85. The van der Waals surface area contributed by atoms with Gasteiger partial charge in [-0.25, -0.2) is 4.79 Å². The van der Waals surface area contributed by atoms with Gasteiger partial charge in [0.1, 0.15) is 5.60 Å². The van der Waals surface area contributed by atoms with E-state index in [0.717, 1.165) is 36.5 Å². The van der Waals surface area contributed by atoms with Gasteiger partial charge < -0.3 is 15.0 Å². The normalized spacial score (nSPS) is 17.9. The molecule has 2 rings (SSSR count). The molecular formula is C18H27ClN2O2. The van der Waals surface area contributed by atoms with Gasteiger partial charge in [-0.15, -0.1) is 0 Å². The molecule has 0 spiro atoms. The van der Waals surface area contributed by atoms with Gasteiger partial charge in [0.15, 0.2) is 0 Å². The Bertz CT molecular complexity index is 534. The minimum Gasteiger partial charge on any atom is -0.444 e. The monoisotopic (exact) mass is 338 g/mol. The van der Waals surface area contributed by atoms with Gasteiger partial charge in [-0.1, -0.05) is 29.8 Å². The van der Waals surface area contributed by atoms with E-state index in [-0.39, 0.29) is 12.1 Å². The minimum absolute atomic E-state index is 0.212.